The average Bonchev–Trinajstić information content (AvgIpc) is 2.85. The van der Waals surface area contributed by atoms with Crippen molar-refractivity contribution in [1.82, 2.24) is 4.90 Å². The molecule has 0 aromatic heterocycles. The minimum atomic E-state index is -0.974. The van der Waals surface area contributed by atoms with E-state index in [4.69, 9.17) is 16.7 Å². The first kappa shape index (κ1) is 16.3. The summed E-state index contributed by atoms with van der Waals surface area (Å²) >= 11 is 5.92. The largest absolute Gasteiger partial charge is 0.481 e. The van der Waals surface area contributed by atoms with Crippen molar-refractivity contribution in [3.05, 3.63) is 29.3 Å². The van der Waals surface area contributed by atoms with Gasteiger partial charge in [-0.15, -0.1) is 0 Å². The maximum absolute atomic E-state index is 12.4. The fraction of sp³-hybridized carbons (Fsp3) is 0.400. The highest BCUT2D eigenvalue weighted by Crippen LogP contribution is 2.28. The summed E-state index contributed by atoms with van der Waals surface area (Å²) in [5.74, 6) is -2.33. The lowest BCUT2D eigenvalue weighted by Crippen LogP contribution is -2.38. The maximum Gasteiger partial charge on any atom is 0.305 e. The van der Waals surface area contributed by atoms with E-state index in [1.54, 1.807) is 29.2 Å². The number of hydrogen-bond donors (Lipinski definition) is 1. The summed E-state index contributed by atoms with van der Waals surface area (Å²) in [5.41, 5.74) is 0.668. The van der Waals surface area contributed by atoms with Gasteiger partial charge in [-0.3, -0.25) is 14.4 Å². The first-order valence-electron chi connectivity index (χ1n) is 6.94. The Morgan fingerprint density at radius 3 is 2.82 bits per heavy atom. The van der Waals surface area contributed by atoms with Gasteiger partial charge in [0.05, 0.1) is 6.42 Å². The number of carboxylic acid groups (broad SMARTS) is 1. The quantitative estimate of drug-likeness (QED) is 0.835. The molecule has 0 radical (unpaired) electrons. The molecule has 118 valence electrons. The van der Waals surface area contributed by atoms with E-state index in [9.17, 15) is 14.4 Å². The van der Waals surface area contributed by atoms with Crippen molar-refractivity contribution in [1.29, 1.82) is 0 Å². The van der Waals surface area contributed by atoms with Crippen molar-refractivity contribution in [3.63, 3.8) is 0 Å². The molecular formula is C15H17ClN2O4. The van der Waals surface area contributed by atoms with Crippen molar-refractivity contribution in [2.75, 3.05) is 25.0 Å². The Bertz CT molecular complexity index is 605. The fourth-order valence-electron chi connectivity index (χ4n) is 2.45. The van der Waals surface area contributed by atoms with E-state index in [0.717, 1.165) is 0 Å². The highest BCUT2D eigenvalue weighted by atomic mass is 35.5. The van der Waals surface area contributed by atoms with Gasteiger partial charge in [-0.2, -0.15) is 0 Å². The van der Waals surface area contributed by atoms with Crippen molar-refractivity contribution in [2.24, 2.45) is 5.92 Å². The van der Waals surface area contributed by atoms with Crippen molar-refractivity contribution in [2.45, 2.75) is 12.8 Å². The molecule has 1 aliphatic rings. The molecule has 22 heavy (non-hydrogen) atoms. The summed E-state index contributed by atoms with van der Waals surface area (Å²) in [6, 6.07) is 6.91. The van der Waals surface area contributed by atoms with Crippen LogP contribution in [0.25, 0.3) is 0 Å². The zero-order valence-electron chi connectivity index (χ0n) is 12.2. The van der Waals surface area contributed by atoms with E-state index in [0.29, 0.717) is 23.7 Å². The lowest BCUT2D eigenvalue weighted by molar-refractivity contribution is -0.140. The molecule has 1 heterocycles. The Morgan fingerprint density at radius 2 is 2.18 bits per heavy atom. The van der Waals surface area contributed by atoms with Crippen LogP contribution in [0.5, 0.6) is 0 Å². The second kappa shape index (κ2) is 6.79. The van der Waals surface area contributed by atoms with Crippen LogP contribution >= 0.6 is 11.6 Å². The van der Waals surface area contributed by atoms with Crippen LogP contribution in [0.1, 0.15) is 12.8 Å². The topological polar surface area (TPSA) is 77.9 Å². The van der Waals surface area contributed by atoms with Gasteiger partial charge in [0, 0.05) is 30.8 Å². The number of rotatable bonds is 5. The second-order valence-electron chi connectivity index (χ2n) is 5.21. The number of amides is 2. The van der Waals surface area contributed by atoms with Crippen molar-refractivity contribution in [3.8, 4) is 0 Å². The molecule has 0 saturated carbocycles. The van der Waals surface area contributed by atoms with Gasteiger partial charge in [0.15, 0.2) is 0 Å². The molecule has 2 rings (SSSR count). The van der Waals surface area contributed by atoms with Gasteiger partial charge < -0.3 is 14.9 Å². The van der Waals surface area contributed by atoms with Crippen LogP contribution < -0.4 is 4.90 Å². The number of carbonyl (C=O) groups is 3. The summed E-state index contributed by atoms with van der Waals surface area (Å²) in [5, 5.41) is 9.18. The second-order valence-corrected chi connectivity index (χ2v) is 5.65. The molecule has 0 spiro atoms. The predicted molar refractivity (Wildman–Crippen MR) is 81.8 cm³/mol. The maximum atomic E-state index is 12.4. The van der Waals surface area contributed by atoms with E-state index in [2.05, 4.69) is 0 Å². The molecule has 1 atom stereocenters. The highest BCUT2D eigenvalue weighted by molar-refractivity contribution is 6.31. The minimum Gasteiger partial charge on any atom is -0.481 e. The van der Waals surface area contributed by atoms with E-state index < -0.39 is 11.9 Å². The van der Waals surface area contributed by atoms with Gasteiger partial charge in [0.25, 0.3) is 0 Å². The van der Waals surface area contributed by atoms with E-state index in [-0.39, 0.29) is 24.8 Å². The number of benzene rings is 1. The number of aliphatic carboxylic acids is 1. The van der Waals surface area contributed by atoms with Crippen LogP contribution in [-0.4, -0.2) is 47.9 Å². The first-order valence-corrected chi connectivity index (χ1v) is 7.31. The summed E-state index contributed by atoms with van der Waals surface area (Å²) in [7, 11) is 1.51. The molecule has 7 heteroatoms. The molecule has 1 N–H and O–H groups in total. The number of nitrogens with zero attached hydrogens (tertiary/aromatic N) is 2. The molecular weight excluding hydrogens is 308 g/mol. The Hall–Kier alpha value is -2.08. The van der Waals surface area contributed by atoms with Gasteiger partial charge in [0.1, 0.15) is 5.92 Å². The van der Waals surface area contributed by atoms with Crippen LogP contribution in [0, 0.1) is 5.92 Å². The normalized spacial score (nSPS) is 17.6. The molecule has 0 aliphatic carbocycles. The number of anilines is 1. The zero-order valence-corrected chi connectivity index (χ0v) is 12.9. The van der Waals surface area contributed by atoms with Crippen LogP contribution in [0.2, 0.25) is 5.02 Å². The molecule has 6 nitrogen and oxygen atoms in total. The van der Waals surface area contributed by atoms with Crippen molar-refractivity contribution >= 4 is 35.1 Å². The summed E-state index contributed by atoms with van der Waals surface area (Å²) in [4.78, 5) is 38.1. The molecule has 1 aromatic rings. The van der Waals surface area contributed by atoms with Gasteiger partial charge in [-0.05, 0) is 24.6 Å². The molecule has 1 saturated heterocycles. The van der Waals surface area contributed by atoms with E-state index in [1.807, 2.05) is 0 Å². The van der Waals surface area contributed by atoms with Crippen LogP contribution in [0.15, 0.2) is 24.3 Å². The Balaban J connectivity index is 2.04. The third-order valence-corrected chi connectivity index (χ3v) is 3.90. The van der Waals surface area contributed by atoms with Gasteiger partial charge in [-0.25, -0.2) is 0 Å². The fourth-order valence-corrected chi connectivity index (χ4v) is 2.63. The third kappa shape index (κ3) is 3.57. The monoisotopic (exact) mass is 324 g/mol. The van der Waals surface area contributed by atoms with E-state index in [1.165, 1.54) is 11.9 Å². The molecule has 2 amide bonds. The number of carbonyl (C=O) groups excluding carboxylic acids is 2. The van der Waals surface area contributed by atoms with Gasteiger partial charge in [0.2, 0.25) is 11.8 Å². The molecule has 0 bridgehead atoms. The van der Waals surface area contributed by atoms with Crippen LogP contribution in [-0.2, 0) is 14.4 Å². The number of carboxylic acids is 1. The summed E-state index contributed by atoms with van der Waals surface area (Å²) in [6.07, 6.45) is 0.281. The zero-order chi connectivity index (χ0) is 16.3. The van der Waals surface area contributed by atoms with E-state index >= 15 is 0 Å². The highest BCUT2D eigenvalue weighted by Gasteiger charge is 2.38. The molecule has 1 aliphatic heterocycles. The Kier molecular flexibility index (Phi) is 5.03. The molecule has 1 aromatic carbocycles. The standard InChI is InChI=1S/C15H17ClN2O4/c1-17(7-6-13(19)20)14(21)12-5-8-18(15(12)22)11-4-2-3-10(16)9-11/h2-4,9,12H,5-8H2,1H3,(H,19,20). The average molecular weight is 325 g/mol. The lowest BCUT2D eigenvalue weighted by Gasteiger charge is -2.20. The first-order chi connectivity index (χ1) is 10.4. The lowest BCUT2D eigenvalue weighted by atomic mass is 10.1. The summed E-state index contributed by atoms with van der Waals surface area (Å²) in [6.45, 7) is 0.539. The van der Waals surface area contributed by atoms with Gasteiger partial charge >= 0.3 is 5.97 Å². The number of halogens is 1. The smallest absolute Gasteiger partial charge is 0.305 e. The Morgan fingerprint density at radius 1 is 1.45 bits per heavy atom. The van der Waals surface area contributed by atoms with Crippen LogP contribution in [0.3, 0.4) is 0 Å². The summed E-state index contributed by atoms with van der Waals surface area (Å²) < 4.78 is 0. The SMILES string of the molecule is CN(CCC(=O)O)C(=O)C1CCN(c2cccc(Cl)c2)C1=O. The molecule has 1 fully saturated rings. The predicted octanol–water partition coefficient (Wildman–Crippen LogP) is 1.63. The Labute approximate surface area is 133 Å². The molecule has 1 unspecified atom stereocenters. The van der Waals surface area contributed by atoms with Crippen molar-refractivity contribution < 1.29 is 19.5 Å². The number of hydrogen-bond acceptors (Lipinski definition) is 3. The minimum absolute atomic E-state index is 0.0924. The third-order valence-electron chi connectivity index (χ3n) is 3.66. The van der Waals surface area contributed by atoms with Crippen LogP contribution in [0.4, 0.5) is 5.69 Å². The van der Waals surface area contributed by atoms with Gasteiger partial charge in [-0.1, -0.05) is 17.7 Å².